The van der Waals surface area contributed by atoms with Gasteiger partial charge in [0.05, 0.1) is 18.2 Å². The number of alkyl halides is 6. The standard InChI is InChI=1S/C28H34F6N4O2/c1-40-24-10-4-3-9-23(24)26(37-13-6-2-7-14-37)11-5-8-15-38(26)16-12-35-25(39)36-22-18-20(27(29,30)31)17-21(19-22)28(32,33)34/h3-4,9-10,17-19H,2,5-8,11-16H2,1H3,(H2,35,36,39). The molecule has 2 N–H and O–H groups in total. The van der Waals surface area contributed by atoms with Crippen LogP contribution in [0.1, 0.15) is 55.2 Å². The topological polar surface area (TPSA) is 56.8 Å². The minimum atomic E-state index is -5.00. The first-order valence-electron chi connectivity index (χ1n) is 13.4. The van der Waals surface area contributed by atoms with Crippen molar-refractivity contribution in [1.82, 2.24) is 15.1 Å². The third-order valence-electron chi connectivity index (χ3n) is 7.66. The summed E-state index contributed by atoms with van der Waals surface area (Å²) in [5.41, 5.74) is -2.98. The first kappa shape index (κ1) is 30.0. The van der Waals surface area contributed by atoms with Gasteiger partial charge in [-0.05, 0) is 56.4 Å². The lowest BCUT2D eigenvalue weighted by Crippen LogP contribution is -2.62. The van der Waals surface area contributed by atoms with Crippen molar-refractivity contribution >= 4 is 11.7 Å². The molecule has 2 aromatic rings. The van der Waals surface area contributed by atoms with Crippen LogP contribution in [0.25, 0.3) is 0 Å². The zero-order valence-electron chi connectivity index (χ0n) is 22.3. The number of urea groups is 1. The Balaban J connectivity index is 1.51. The van der Waals surface area contributed by atoms with Gasteiger partial charge in [0.2, 0.25) is 0 Å². The van der Waals surface area contributed by atoms with Gasteiger partial charge in [-0.1, -0.05) is 24.6 Å². The molecule has 2 amide bonds. The van der Waals surface area contributed by atoms with E-state index in [0.717, 1.165) is 69.5 Å². The van der Waals surface area contributed by atoms with Crippen LogP contribution in [0.2, 0.25) is 0 Å². The lowest BCUT2D eigenvalue weighted by Gasteiger charge is -2.55. The van der Waals surface area contributed by atoms with Gasteiger partial charge in [0.1, 0.15) is 11.4 Å². The minimum absolute atomic E-state index is 0.0253. The number of benzene rings is 2. The SMILES string of the molecule is COc1ccccc1C1(N2CCCCC2)CCCCN1CCNC(=O)Nc1cc(C(F)(F)F)cc(C(F)(F)F)c1. The van der Waals surface area contributed by atoms with Crippen molar-refractivity contribution in [3.8, 4) is 5.75 Å². The molecule has 0 radical (unpaired) electrons. The van der Waals surface area contributed by atoms with E-state index in [1.54, 1.807) is 7.11 Å². The second kappa shape index (κ2) is 12.3. The Morgan fingerprint density at radius 3 is 2.15 bits per heavy atom. The van der Waals surface area contributed by atoms with Crippen LogP contribution in [0.5, 0.6) is 5.75 Å². The van der Waals surface area contributed by atoms with Gasteiger partial charge in [-0.25, -0.2) is 4.79 Å². The molecule has 4 rings (SSSR count). The summed E-state index contributed by atoms with van der Waals surface area (Å²) in [6, 6.07) is 8.02. The fourth-order valence-electron chi connectivity index (χ4n) is 5.89. The maximum atomic E-state index is 13.2. The Kier molecular flexibility index (Phi) is 9.19. The average molecular weight is 573 g/mol. The fourth-order valence-corrected chi connectivity index (χ4v) is 5.89. The van der Waals surface area contributed by atoms with E-state index in [1.807, 2.05) is 18.2 Å². The molecule has 2 fully saturated rings. The van der Waals surface area contributed by atoms with Gasteiger partial charge in [-0.3, -0.25) is 9.80 Å². The lowest BCUT2D eigenvalue weighted by molar-refractivity contribution is -0.143. The first-order chi connectivity index (χ1) is 18.9. The summed E-state index contributed by atoms with van der Waals surface area (Å²) < 4.78 is 84.9. The number of likely N-dealkylation sites (tertiary alicyclic amines) is 2. The number of amides is 2. The molecule has 0 bridgehead atoms. The number of ether oxygens (including phenoxy) is 1. The van der Waals surface area contributed by atoms with E-state index < -0.39 is 40.9 Å². The van der Waals surface area contributed by atoms with E-state index in [2.05, 4.69) is 26.5 Å². The van der Waals surface area contributed by atoms with Gasteiger partial charge in [-0.2, -0.15) is 26.3 Å². The number of anilines is 1. The van der Waals surface area contributed by atoms with Gasteiger partial charge in [0.15, 0.2) is 0 Å². The summed E-state index contributed by atoms with van der Waals surface area (Å²) in [5, 5.41) is 4.75. The molecule has 1 unspecified atom stereocenters. The van der Waals surface area contributed by atoms with E-state index in [0.29, 0.717) is 18.7 Å². The van der Waals surface area contributed by atoms with E-state index >= 15 is 0 Å². The smallest absolute Gasteiger partial charge is 0.416 e. The van der Waals surface area contributed by atoms with Crippen molar-refractivity contribution in [2.24, 2.45) is 0 Å². The molecule has 2 aliphatic heterocycles. The van der Waals surface area contributed by atoms with Crippen LogP contribution in [-0.2, 0) is 18.0 Å². The van der Waals surface area contributed by atoms with Crippen LogP contribution < -0.4 is 15.4 Å². The molecule has 2 saturated heterocycles. The molecule has 0 aromatic heterocycles. The van der Waals surface area contributed by atoms with Crippen molar-refractivity contribution in [2.75, 3.05) is 45.2 Å². The normalized spacial score (nSPS) is 21.2. The van der Waals surface area contributed by atoms with Crippen LogP contribution in [-0.4, -0.2) is 55.7 Å². The van der Waals surface area contributed by atoms with Crippen molar-refractivity contribution in [1.29, 1.82) is 0 Å². The Hall–Kier alpha value is -2.99. The van der Waals surface area contributed by atoms with Crippen molar-refractivity contribution in [2.45, 2.75) is 56.5 Å². The number of carbonyl (C=O) groups is 1. The molecule has 2 heterocycles. The predicted octanol–water partition coefficient (Wildman–Crippen LogP) is 6.68. The van der Waals surface area contributed by atoms with Gasteiger partial charge in [0, 0.05) is 44.0 Å². The highest BCUT2D eigenvalue weighted by Gasteiger charge is 2.47. The number of hydrogen-bond donors (Lipinski definition) is 2. The summed E-state index contributed by atoms with van der Waals surface area (Å²) in [4.78, 5) is 17.4. The van der Waals surface area contributed by atoms with Gasteiger partial charge in [-0.15, -0.1) is 0 Å². The highest BCUT2D eigenvalue weighted by atomic mass is 19.4. The number of para-hydroxylation sites is 1. The van der Waals surface area contributed by atoms with Crippen LogP contribution in [0.4, 0.5) is 36.8 Å². The molecule has 1 atom stereocenters. The molecule has 2 aliphatic rings. The summed E-state index contributed by atoms with van der Waals surface area (Å²) in [6.07, 6.45) is -3.87. The zero-order chi connectivity index (χ0) is 29.0. The second-order valence-corrected chi connectivity index (χ2v) is 10.2. The Morgan fingerprint density at radius 2 is 1.52 bits per heavy atom. The van der Waals surface area contributed by atoms with E-state index in [-0.39, 0.29) is 12.6 Å². The number of carbonyl (C=O) groups excluding carboxylic acids is 1. The van der Waals surface area contributed by atoms with Crippen LogP contribution in [0, 0.1) is 0 Å². The number of hydrogen-bond acceptors (Lipinski definition) is 4. The van der Waals surface area contributed by atoms with Crippen LogP contribution in [0.3, 0.4) is 0 Å². The number of rotatable bonds is 7. The fraction of sp³-hybridized carbons (Fsp3) is 0.536. The highest BCUT2D eigenvalue weighted by Crippen LogP contribution is 2.45. The maximum absolute atomic E-state index is 13.2. The summed E-state index contributed by atoms with van der Waals surface area (Å²) in [6.45, 7) is 3.17. The molecule has 0 saturated carbocycles. The predicted molar refractivity (Wildman–Crippen MR) is 139 cm³/mol. The first-order valence-corrected chi connectivity index (χ1v) is 13.4. The third kappa shape index (κ3) is 6.65. The molecular weight excluding hydrogens is 538 g/mol. The molecule has 40 heavy (non-hydrogen) atoms. The molecule has 0 spiro atoms. The quantitative estimate of drug-likeness (QED) is 0.364. The van der Waals surface area contributed by atoms with Crippen LogP contribution >= 0.6 is 0 Å². The Labute approximate surface area is 229 Å². The molecule has 2 aromatic carbocycles. The Bertz CT molecular complexity index is 1130. The van der Waals surface area contributed by atoms with Crippen molar-refractivity contribution < 1.29 is 35.9 Å². The molecule has 12 heteroatoms. The summed E-state index contributed by atoms with van der Waals surface area (Å²) in [7, 11) is 1.64. The maximum Gasteiger partial charge on any atom is 0.416 e. The van der Waals surface area contributed by atoms with Gasteiger partial charge in [0.25, 0.3) is 0 Å². The number of methoxy groups -OCH3 is 1. The van der Waals surface area contributed by atoms with E-state index in [1.165, 1.54) is 0 Å². The van der Waals surface area contributed by atoms with Crippen LogP contribution in [0.15, 0.2) is 42.5 Å². The highest BCUT2D eigenvalue weighted by molar-refractivity contribution is 5.89. The van der Waals surface area contributed by atoms with Gasteiger partial charge < -0.3 is 15.4 Å². The summed E-state index contributed by atoms with van der Waals surface area (Å²) >= 11 is 0. The van der Waals surface area contributed by atoms with E-state index in [9.17, 15) is 31.1 Å². The minimum Gasteiger partial charge on any atom is -0.496 e. The molecule has 6 nitrogen and oxygen atoms in total. The molecule has 0 aliphatic carbocycles. The zero-order valence-corrected chi connectivity index (χ0v) is 22.3. The second-order valence-electron chi connectivity index (χ2n) is 10.2. The van der Waals surface area contributed by atoms with Crippen molar-refractivity contribution in [3.63, 3.8) is 0 Å². The van der Waals surface area contributed by atoms with Crippen molar-refractivity contribution in [3.05, 3.63) is 59.2 Å². The number of piperidine rings is 2. The summed E-state index contributed by atoms with van der Waals surface area (Å²) in [5.74, 6) is 0.774. The number of halogens is 6. The van der Waals surface area contributed by atoms with E-state index in [4.69, 9.17) is 4.74 Å². The lowest BCUT2D eigenvalue weighted by atomic mass is 9.84. The average Bonchev–Trinajstić information content (AvgIpc) is 2.92. The molecular formula is C28H34F6N4O2. The molecule has 220 valence electrons. The number of nitrogens with zero attached hydrogens (tertiary/aromatic N) is 2. The Morgan fingerprint density at radius 1 is 0.900 bits per heavy atom. The largest absolute Gasteiger partial charge is 0.496 e. The monoisotopic (exact) mass is 572 g/mol. The number of nitrogens with one attached hydrogen (secondary N) is 2. The third-order valence-corrected chi connectivity index (χ3v) is 7.66. The van der Waals surface area contributed by atoms with Gasteiger partial charge >= 0.3 is 18.4 Å².